The van der Waals surface area contributed by atoms with E-state index in [1.807, 2.05) is 12.1 Å². The second-order valence-electron chi connectivity index (χ2n) is 7.93. The van der Waals surface area contributed by atoms with Crippen LogP contribution in [0.5, 0.6) is 5.75 Å². The minimum atomic E-state index is -0.722. The van der Waals surface area contributed by atoms with Crippen LogP contribution in [0.2, 0.25) is 0 Å². The average Bonchev–Trinajstić information content (AvgIpc) is 2.67. The largest absolute Gasteiger partial charge is 0.482 e. The molecule has 0 spiro atoms. The zero-order chi connectivity index (χ0) is 22.5. The van der Waals surface area contributed by atoms with E-state index in [9.17, 15) is 19.7 Å². The van der Waals surface area contributed by atoms with Gasteiger partial charge in [-0.15, -0.1) is 0 Å². The van der Waals surface area contributed by atoms with Crippen LogP contribution in [0.25, 0.3) is 0 Å². The summed E-state index contributed by atoms with van der Waals surface area (Å²) in [6.07, 6.45) is 0. The van der Waals surface area contributed by atoms with Gasteiger partial charge in [-0.2, -0.15) is 0 Å². The van der Waals surface area contributed by atoms with Crippen molar-refractivity contribution in [3.05, 3.63) is 63.2 Å². The fourth-order valence-electron chi connectivity index (χ4n) is 2.67. The molecule has 0 aliphatic carbocycles. The monoisotopic (exact) mass is 414 g/mol. The maximum Gasteiger partial charge on any atom is 0.344 e. The summed E-state index contributed by atoms with van der Waals surface area (Å²) >= 11 is 0. The Balaban J connectivity index is 1.88. The molecule has 0 unspecified atom stereocenters. The van der Waals surface area contributed by atoms with Crippen LogP contribution >= 0.6 is 0 Å². The zero-order valence-corrected chi connectivity index (χ0v) is 17.8. The van der Waals surface area contributed by atoms with Gasteiger partial charge in [0.25, 0.3) is 11.6 Å². The molecule has 1 N–H and O–H groups in total. The molecule has 0 fully saturated rings. The lowest BCUT2D eigenvalue weighted by molar-refractivity contribution is -0.384. The summed E-state index contributed by atoms with van der Waals surface area (Å²) in [6.45, 7) is 8.80. The number of esters is 1. The number of hydrogen-bond donors (Lipinski definition) is 1. The Hall–Kier alpha value is -3.42. The number of hydrogen-bond acceptors (Lipinski definition) is 6. The number of carbonyl (C=O) groups excluding carboxylic acids is 2. The molecule has 30 heavy (non-hydrogen) atoms. The van der Waals surface area contributed by atoms with Crippen molar-refractivity contribution in [3.63, 3.8) is 0 Å². The van der Waals surface area contributed by atoms with Crippen molar-refractivity contribution in [2.24, 2.45) is 0 Å². The molecule has 0 heterocycles. The predicted octanol–water partition coefficient (Wildman–Crippen LogP) is 4.07. The van der Waals surface area contributed by atoms with Crippen molar-refractivity contribution in [2.45, 2.75) is 40.0 Å². The number of amides is 1. The molecule has 160 valence electrons. The highest BCUT2D eigenvalue weighted by Crippen LogP contribution is 2.30. The Morgan fingerprint density at radius 3 is 2.23 bits per heavy atom. The normalized spacial score (nSPS) is 11.0. The van der Waals surface area contributed by atoms with Gasteiger partial charge in [0.05, 0.1) is 4.92 Å². The van der Waals surface area contributed by atoms with Crippen molar-refractivity contribution in [1.29, 1.82) is 0 Å². The van der Waals surface area contributed by atoms with Gasteiger partial charge >= 0.3 is 5.97 Å². The van der Waals surface area contributed by atoms with Gasteiger partial charge in [-0.25, -0.2) is 4.79 Å². The van der Waals surface area contributed by atoms with Crippen LogP contribution in [0.15, 0.2) is 36.4 Å². The minimum absolute atomic E-state index is 0.00947. The number of rotatable bonds is 7. The van der Waals surface area contributed by atoms with E-state index in [2.05, 4.69) is 26.1 Å². The van der Waals surface area contributed by atoms with E-state index in [1.165, 1.54) is 6.07 Å². The lowest BCUT2D eigenvalue weighted by Crippen LogP contribution is -2.24. The SMILES string of the molecule is Cc1ccc([N+](=O)[O-])c(NC(=O)COC(=O)COc2ccc(C(C)(C)C)cc2)c1C. The third-order valence-electron chi connectivity index (χ3n) is 4.62. The van der Waals surface area contributed by atoms with E-state index in [0.29, 0.717) is 11.3 Å². The fraction of sp³-hybridized carbons (Fsp3) is 0.364. The Kier molecular flexibility index (Phi) is 7.15. The average molecular weight is 414 g/mol. The van der Waals surface area contributed by atoms with Crippen molar-refractivity contribution < 1.29 is 24.0 Å². The summed E-state index contributed by atoms with van der Waals surface area (Å²) in [6, 6.07) is 10.3. The Bertz CT molecular complexity index is 945. The molecule has 0 aromatic heterocycles. The molecule has 0 bridgehead atoms. The van der Waals surface area contributed by atoms with Crippen molar-refractivity contribution >= 4 is 23.3 Å². The predicted molar refractivity (Wildman–Crippen MR) is 113 cm³/mol. The van der Waals surface area contributed by atoms with Gasteiger partial charge in [0, 0.05) is 6.07 Å². The smallest absolute Gasteiger partial charge is 0.344 e. The Morgan fingerprint density at radius 2 is 1.67 bits per heavy atom. The summed E-state index contributed by atoms with van der Waals surface area (Å²) < 4.78 is 10.3. The zero-order valence-electron chi connectivity index (χ0n) is 17.8. The van der Waals surface area contributed by atoms with Gasteiger partial charge in [-0.05, 0) is 48.1 Å². The molecule has 2 aromatic carbocycles. The molecule has 2 rings (SSSR count). The maximum atomic E-state index is 12.1. The summed E-state index contributed by atoms with van der Waals surface area (Å²) in [5.74, 6) is -0.884. The van der Waals surface area contributed by atoms with Gasteiger partial charge in [0.1, 0.15) is 11.4 Å². The summed E-state index contributed by atoms with van der Waals surface area (Å²) in [5.41, 5.74) is 2.38. The number of nitrogens with one attached hydrogen (secondary N) is 1. The molecule has 0 radical (unpaired) electrons. The standard InChI is InChI=1S/C22H26N2O6/c1-14-6-11-18(24(27)28)21(15(14)2)23-19(25)12-30-20(26)13-29-17-9-7-16(8-10-17)22(3,4)5/h6-11H,12-13H2,1-5H3,(H,23,25). The van der Waals surface area contributed by atoms with Crippen LogP contribution in [0.1, 0.15) is 37.5 Å². The first-order valence-corrected chi connectivity index (χ1v) is 9.42. The number of carbonyl (C=O) groups is 2. The molecule has 0 aliphatic heterocycles. The number of nitro benzene ring substituents is 1. The molecule has 0 saturated carbocycles. The van der Waals surface area contributed by atoms with Crippen LogP contribution in [-0.4, -0.2) is 30.0 Å². The molecule has 8 heteroatoms. The van der Waals surface area contributed by atoms with Crippen LogP contribution in [0, 0.1) is 24.0 Å². The van der Waals surface area contributed by atoms with Crippen molar-refractivity contribution in [1.82, 2.24) is 0 Å². The highest BCUT2D eigenvalue weighted by molar-refractivity contribution is 5.96. The van der Waals surface area contributed by atoms with Crippen LogP contribution < -0.4 is 10.1 Å². The highest BCUT2D eigenvalue weighted by Gasteiger charge is 2.20. The van der Waals surface area contributed by atoms with Gasteiger partial charge in [-0.3, -0.25) is 14.9 Å². The molecule has 0 aliphatic rings. The lowest BCUT2D eigenvalue weighted by atomic mass is 9.87. The van der Waals surface area contributed by atoms with Gasteiger partial charge in [0.15, 0.2) is 13.2 Å². The second kappa shape index (κ2) is 9.39. The van der Waals surface area contributed by atoms with Crippen LogP contribution in [-0.2, 0) is 19.7 Å². The number of benzene rings is 2. The number of ether oxygens (including phenoxy) is 2. The lowest BCUT2D eigenvalue weighted by Gasteiger charge is -2.19. The van der Waals surface area contributed by atoms with Crippen LogP contribution in [0.4, 0.5) is 11.4 Å². The molecule has 8 nitrogen and oxygen atoms in total. The van der Waals surface area contributed by atoms with Gasteiger partial charge in [0.2, 0.25) is 0 Å². The van der Waals surface area contributed by atoms with E-state index in [-0.39, 0.29) is 23.4 Å². The maximum absolute atomic E-state index is 12.1. The first-order chi connectivity index (χ1) is 14.0. The van der Waals surface area contributed by atoms with Gasteiger partial charge < -0.3 is 14.8 Å². The highest BCUT2D eigenvalue weighted by atomic mass is 16.6. The first-order valence-electron chi connectivity index (χ1n) is 9.42. The number of nitro groups is 1. The molecule has 2 aromatic rings. The van der Waals surface area contributed by atoms with E-state index in [4.69, 9.17) is 9.47 Å². The van der Waals surface area contributed by atoms with E-state index in [0.717, 1.165) is 11.1 Å². The summed E-state index contributed by atoms with van der Waals surface area (Å²) in [5, 5.41) is 13.6. The number of aryl methyl sites for hydroxylation is 1. The number of anilines is 1. The molecule has 0 atom stereocenters. The first kappa shape index (κ1) is 22.9. The summed E-state index contributed by atoms with van der Waals surface area (Å²) in [7, 11) is 0. The van der Waals surface area contributed by atoms with Crippen molar-refractivity contribution in [3.8, 4) is 5.75 Å². The molecular weight excluding hydrogens is 388 g/mol. The van der Waals surface area contributed by atoms with E-state index in [1.54, 1.807) is 32.0 Å². The quantitative estimate of drug-likeness (QED) is 0.416. The third kappa shape index (κ3) is 6.04. The molecule has 1 amide bonds. The second-order valence-corrected chi connectivity index (χ2v) is 7.93. The number of nitrogens with zero attached hydrogens (tertiary/aromatic N) is 1. The van der Waals surface area contributed by atoms with Crippen molar-refractivity contribution in [2.75, 3.05) is 18.5 Å². The topological polar surface area (TPSA) is 108 Å². The minimum Gasteiger partial charge on any atom is -0.482 e. The molecule has 0 saturated heterocycles. The summed E-state index contributed by atoms with van der Waals surface area (Å²) in [4.78, 5) is 34.6. The van der Waals surface area contributed by atoms with E-state index < -0.39 is 23.4 Å². The fourth-order valence-corrected chi connectivity index (χ4v) is 2.67. The van der Waals surface area contributed by atoms with Crippen LogP contribution in [0.3, 0.4) is 0 Å². The Labute approximate surface area is 175 Å². The molecular formula is C22H26N2O6. The Morgan fingerprint density at radius 1 is 1.03 bits per heavy atom. The third-order valence-corrected chi connectivity index (χ3v) is 4.62. The van der Waals surface area contributed by atoms with E-state index >= 15 is 0 Å². The van der Waals surface area contributed by atoms with Gasteiger partial charge in [-0.1, -0.05) is 39.0 Å².